The number of carboxylic acids is 1. The topological polar surface area (TPSA) is 97.2 Å². The lowest BCUT2D eigenvalue weighted by molar-refractivity contribution is -0.137. The first-order chi connectivity index (χ1) is 16.2. The van der Waals surface area contributed by atoms with Crippen LogP contribution in [0.2, 0.25) is 0 Å². The van der Waals surface area contributed by atoms with E-state index in [1.165, 1.54) is 6.33 Å². The number of hydrogen-bond donors (Lipinski definition) is 2. The van der Waals surface area contributed by atoms with Gasteiger partial charge in [-0.05, 0) is 41.5 Å². The third-order valence-electron chi connectivity index (χ3n) is 5.10. The molecule has 2 aromatic heterocycles. The summed E-state index contributed by atoms with van der Waals surface area (Å²) in [5, 5.41) is 12.6. The number of rotatable bonds is 10. The maximum absolute atomic E-state index is 11.8. The lowest BCUT2D eigenvalue weighted by Gasteiger charge is -2.15. The van der Waals surface area contributed by atoms with Crippen molar-refractivity contribution in [1.29, 1.82) is 0 Å². The molecule has 4 aromatic rings. The predicted molar refractivity (Wildman–Crippen MR) is 126 cm³/mol. The van der Waals surface area contributed by atoms with Crippen LogP contribution in [0.4, 0.5) is 5.82 Å². The van der Waals surface area contributed by atoms with Crippen LogP contribution < -0.4 is 10.1 Å². The highest BCUT2D eigenvalue weighted by Gasteiger charge is 2.18. The van der Waals surface area contributed by atoms with Gasteiger partial charge < -0.3 is 15.2 Å². The van der Waals surface area contributed by atoms with Gasteiger partial charge in [-0.3, -0.25) is 4.98 Å². The molecule has 1 unspecified atom stereocenters. The number of hydrogen-bond acceptors (Lipinski definition) is 6. The number of pyridine rings is 1. The zero-order chi connectivity index (χ0) is 22.9. The number of carboxylic acid groups (broad SMARTS) is 1. The van der Waals surface area contributed by atoms with Crippen molar-refractivity contribution in [2.24, 2.45) is 0 Å². The van der Waals surface area contributed by atoms with E-state index in [2.05, 4.69) is 20.3 Å². The Hall–Kier alpha value is -4.26. The molecule has 0 bridgehead atoms. The maximum Gasteiger partial charge on any atom is 0.326 e. The normalized spacial score (nSPS) is 11.5. The summed E-state index contributed by atoms with van der Waals surface area (Å²) in [5.41, 5.74) is 3.64. The molecule has 0 saturated heterocycles. The molecule has 0 spiro atoms. The van der Waals surface area contributed by atoms with Crippen molar-refractivity contribution in [1.82, 2.24) is 15.0 Å². The van der Waals surface area contributed by atoms with Crippen LogP contribution in [-0.2, 0) is 17.6 Å². The summed E-state index contributed by atoms with van der Waals surface area (Å²) < 4.78 is 5.82. The number of anilines is 1. The molecule has 166 valence electrons. The largest absolute Gasteiger partial charge is 0.493 e. The number of benzene rings is 2. The van der Waals surface area contributed by atoms with Crippen LogP contribution in [0.25, 0.3) is 11.3 Å². The fourth-order valence-corrected chi connectivity index (χ4v) is 3.38. The second-order valence-electron chi connectivity index (χ2n) is 7.50. The van der Waals surface area contributed by atoms with E-state index in [1.54, 1.807) is 12.3 Å². The zero-order valence-electron chi connectivity index (χ0n) is 18.0. The maximum atomic E-state index is 11.8. The fraction of sp³-hybridized carbons (Fsp3) is 0.154. The Morgan fingerprint density at radius 3 is 2.48 bits per heavy atom. The van der Waals surface area contributed by atoms with Crippen LogP contribution in [-0.4, -0.2) is 38.7 Å². The second kappa shape index (κ2) is 10.9. The molecule has 0 saturated carbocycles. The predicted octanol–water partition coefficient (Wildman–Crippen LogP) is 4.27. The summed E-state index contributed by atoms with van der Waals surface area (Å²) in [4.78, 5) is 24.4. The molecule has 0 radical (unpaired) electrons. The first kappa shape index (κ1) is 22.0. The molecule has 0 aliphatic carbocycles. The van der Waals surface area contributed by atoms with E-state index >= 15 is 0 Å². The van der Waals surface area contributed by atoms with Crippen LogP contribution in [0.5, 0.6) is 5.75 Å². The Kier molecular flexibility index (Phi) is 7.22. The standard InChI is InChI=1S/C26H24N4O3/c31-26(32)24(15-19-5-2-1-3-6-19)30-25-16-23(28-18-29-25)21-8-10-22(11-9-21)33-14-12-20-7-4-13-27-17-20/h1-11,13,16-18,24H,12,14-15H2,(H,31,32)(H,28,29,30). The summed E-state index contributed by atoms with van der Waals surface area (Å²) in [6, 6.07) is 22.0. The summed E-state index contributed by atoms with van der Waals surface area (Å²) >= 11 is 0. The van der Waals surface area contributed by atoms with E-state index < -0.39 is 12.0 Å². The van der Waals surface area contributed by atoms with E-state index in [0.29, 0.717) is 24.5 Å². The van der Waals surface area contributed by atoms with E-state index in [4.69, 9.17) is 4.74 Å². The Labute approximate surface area is 192 Å². The van der Waals surface area contributed by atoms with E-state index in [1.807, 2.05) is 72.9 Å². The number of ether oxygens (including phenoxy) is 1. The van der Waals surface area contributed by atoms with E-state index in [9.17, 15) is 9.90 Å². The monoisotopic (exact) mass is 440 g/mol. The van der Waals surface area contributed by atoms with Gasteiger partial charge in [-0.1, -0.05) is 36.4 Å². The van der Waals surface area contributed by atoms with Crippen LogP contribution in [0.15, 0.2) is 91.5 Å². The smallest absolute Gasteiger partial charge is 0.326 e. The molecule has 0 fully saturated rings. The Balaban J connectivity index is 1.38. The SMILES string of the molecule is O=C(O)C(Cc1ccccc1)Nc1cc(-c2ccc(OCCc3cccnc3)cc2)ncn1. The molecule has 2 aromatic carbocycles. The van der Waals surface area contributed by atoms with Crippen LogP contribution in [0.1, 0.15) is 11.1 Å². The van der Waals surface area contributed by atoms with Crippen LogP contribution in [0.3, 0.4) is 0 Å². The van der Waals surface area contributed by atoms with Gasteiger partial charge in [0.15, 0.2) is 0 Å². The molecule has 0 amide bonds. The third kappa shape index (κ3) is 6.36. The van der Waals surface area contributed by atoms with Gasteiger partial charge in [0.2, 0.25) is 0 Å². The van der Waals surface area contributed by atoms with Crippen molar-refractivity contribution < 1.29 is 14.6 Å². The fourth-order valence-electron chi connectivity index (χ4n) is 3.38. The third-order valence-corrected chi connectivity index (χ3v) is 5.10. The van der Waals surface area contributed by atoms with Crippen molar-refractivity contribution in [2.75, 3.05) is 11.9 Å². The quantitative estimate of drug-likeness (QED) is 0.380. The Morgan fingerprint density at radius 1 is 0.970 bits per heavy atom. The zero-order valence-corrected chi connectivity index (χ0v) is 18.0. The lowest BCUT2D eigenvalue weighted by atomic mass is 10.1. The van der Waals surface area contributed by atoms with Gasteiger partial charge in [-0.25, -0.2) is 14.8 Å². The summed E-state index contributed by atoms with van der Waals surface area (Å²) in [6.45, 7) is 0.560. The minimum absolute atomic E-state index is 0.348. The van der Waals surface area contributed by atoms with Gasteiger partial charge in [0, 0.05) is 36.9 Å². The molecule has 33 heavy (non-hydrogen) atoms. The number of nitrogens with one attached hydrogen (secondary N) is 1. The number of aliphatic carboxylic acids is 1. The molecule has 7 nitrogen and oxygen atoms in total. The van der Waals surface area contributed by atoms with Gasteiger partial charge in [-0.15, -0.1) is 0 Å². The number of nitrogens with zero attached hydrogens (tertiary/aromatic N) is 3. The minimum Gasteiger partial charge on any atom is -0.493 e. The van der Waals surface area contributed by atoms with Crippen molar-refractivity contribution in [3.05, 3.63) is 103 Å². The van der Waals surface area contributed by atoms with Gasteiger partial charge in [-0.2, -0.15) is 0 Å². The van der Waals surface area contributed by atoms with Gasteiger partial charge in [0.25, 0.3) is 0 Å². The Morgan fingerprint density at radius 2 is 1.76 bits per heavy atom. The minimum atomic E-state index is -0.938. The number of aromatic nitrogens is 3. The molecular weight excluding hydrogens is 416 g/mol. The summed E-state index contributed by atoms with van der Waals surface area (Å²) in [6.07, 6.45) is 6.15. The van der Waals surface area contributed by atoms with Crippen molar-refractivity contribution >= 4 is 11.8 Å². The summed E-state index contributed by atoms with van der Waals surface area (Å²) in [7, 11) is 0. The van der Waals surface area contributed by atoms with E-state index in [0.717, 1.165) is 28.9 Å². The van der Waals surface area contributed by atoms with Crippen molar-refractivity contribution in [3.8, 4) is 17.0 Å². The van der Waals surface area contributed by atoms with Gasteiger partial charge in [0.05, 0.1) is 12.3 Å². The average molecular weight is 441 g/mol. The van der Waals surface area contributed by atoms with E-state index in [-0.39, 0.29) is 0 Å². The first-order valence-electron chi connectivity index (χ1n) is 10.6. The molecule has 4 rings (SSSR count). The lowest BCUT2D eigenvalue weighted by Crippen LogP contribution is -2.31. The molecule has 1 atom stereocenters. The molecule has 2 heterocycles. The second-order valence-corrected chi connectivity index (χ2v) is 7.50. The molecule has 2 N–H and O–H groups in total. The van der Waals surface area contributed by atoms with Crippen molar-refractivity contribution in [3.63, 3.8) is 0 Å². The molecule has 0 aliphatic heterocycles. The van der Waals surface area contributed by atoms with Gasteiger partial charge >= 0.3 is 5.97 Å². The van der Waals surface area contributed by atoms with Gasteiger partial charge in [0.1, 0.15) is 23.9 Å². The highest BCUT2D eigenvalue weighted by atomic mass is 16.5. The first-order valence-corrected chi connectivity index (χ1v) is 10.6. The average Bonchev–Trinajstić information content (AvgIpc) is 2.85. The molecular formula is C26H24N4O3. The Bertz CT molecular complexity index is 1170. The molecule has 0 aliphatic rings. The molecule has 7 heteroatoms. The highest BCUT2D eigenvalue weighted by Crippen LogP contribution is 2.22. The summed E-state index contributed by atoms with van der Waals surface area (Å²) in [5.74, 6) is 0.288. The highest BCUT2D eigenvalue weighted by molar-refractivity contribution is 5.77. The van der Waals surface area contributed by atoms with Crippen molar-refractivity contribution in [2.45, 2.75) is 18.9 Å². The van der Waals surface area contributed by atoms with Crippen LogP contribution in [0, 0.1) is 0 Å². The van der Waals surface area contributed by atoms with Crippen LogP contribution >= 0.6 is 0 Å². The number of carbonyl (C=O) groups is 1.